The lowest BCUT2D eigenvalue weighted by atomic mass is 9.88. The summed E-state index contributed by atoms with van der Waals surface area (Å²) in [5.41, 5.74) is 2.05. The van der Waals surface area contributed by atoms with Gasteiger partial charge in [-0.2, -0.15) is 0 Å². The Kier molecular flexibility index (Phi) is 7.42. The Morgan fingerprint density at radius 2 is 2.06 bits per heavy atom. The molecule has 0 aliphatic heterocycles. The minimum absolute atomic E-state index is 0.0382. The normalized spacial score (nSPS) is 14.9. The number of carbonyl (C=O) groups is 2. The molecule has 1 atom stereocenters. The lowest BCUT2D eigenvalue weighted by Crippen LogP contribution is -2.17. The average molecular weight is 504 g/mol. The number of benzene rings is 1. The Morgan fingerprint density at radius 1 is 1.24 bits per heavy atom. The van der Waals surface area contributed by atoms with Crippen LogP contribution in [0.15, 0.2) is 27.8 Å². The van der Waals surface area contributed by atoms with Crippen LogP contribution in [0.25, 0.3) is 11.5 Å². The van der Waals surface area contributed by atoms with Gasteiger partial charge in [0.25, 0.3) is 11.1 Å². The molecule has 1 unspecified atom stereocenters. The van der Waals surface area contributed by atoms with Crippen molar-refractivity contribution in [1.29, 1.82) is 0 Å². The van der Waals surface area contributed by atoms with E-state index in [1.165, 1.54) is 18.4 Å². The SMILES string of the molecule is COC(=O)c1c(NC(=O)CSc2nnc(-c3cc(OC)ccc3OC)o2)sc2c1CCC(C)C2. The second-order valence-corrected chi connectivity index (χ2v) is 9.86. The summed E-state index contributed by atoms with van der Waals surface area (Å²) in [7, 11) is 4.46. The number of thiophene rings is 1. The van der Waals surface area contributed by atoms with Crippen molar-refractivity contribution in [3.63, 3.8) is 0 Å². The Morgan fingerprint density at radius 3 is 2.79 bits per heavy atom. The van der Waals surface area contributed by atoms with Crippen LogP contribution in [-0.2, 0) is 22.4 Å². The maximum absolute atomic E-state index is 12.7. The number of methoxy groups -OCH3 is 3. The third-order valence-corrected chi connectivity index (χ3v) is 7.51. The average Bonchev–Trinajstić information content (AvgIpc) is 3.45. The molecular formula is C23H25N3O6S2. The van der Waals surface area contributed by atoms with Gasteiger partial charge in [0.1, 0.15) is 16.5 Å². The van der Waals surface area contributed by atoms with Crippen LogP contribution in [0.1, 0.15) is 34.1 Å². The highest BCUT2D eigenvalue weighted by Gasteiger charge is 2.29. The van der Waals surface area contributed by atoms with E-state index in [-0.39, 0.29) is 22.8 Å². The molecule has 4 rings (SSSR count). The first-order chi connectivity index (χ1) is 16.4. The van der Waals surface area contributed by atoms with E-state index in [0.29, 0.717) is 33.5 Å². The van der Waals surface area contributed by atoms with Crippen molar-refractivity contribution in [1.82, 2.24) is 10.2 Å². The van der Waals surface area contributed by atoms with E-state index in [0.717, 1.165) is 41.5 Å². The first kappa shape index (κ1) is 24.1. The van der Waals surface area contributed by atoms with Gasteiger partial charge >= 0.3 is 5.97 Å². The summed E-state index contributed by atoms with van der Waals surface area (Å²) >= 11 is 2.56. The van der Waals surface area contributed by atoms with E-state index in [1.54, 1.807) is 32.4 Å². The molecule has 2 aromatic heterocycles. The molecule has 1 amide bonds. The van der Waals surface area contributed by atoms with Gasteiger partial charge < -0.3 is 23.9 Å². The zero-order valence-electron chi connectivity index (χ0n) is 19.3. The second kappa shape index (κ2) is 10.5. The van der Waals surface area contributed by atoms with Gasteiger partial charge in [0, 0.05) is 4.88 Å². The van der Waals surface area contributed by atoms with Crippen molar-refractivity contribution >= 4 is 40.0 Å². The Bertz CT molecular complexity index is 1210. The Labute approximate surface area is 205 Å². The molecule has 0 bridgehead atoms. The molecule has 1 aliphatic carbocycles. The molecule has 9 nitrogen and oxygen atoms in total. The number of esters is 1. The predicted octanol–water partition coefficient (Wildman–Crippen LogP) is 4.46. The van der Waals surface area contributed by atoms with E-state index in [2.05, 4.69) is 22.4 Å². The van der Waals surface area contributed by atoms with Crippen molar-refractivity contribution in [2.75, 3.05) is 32.4 Å². The first-order valence-corrected chi connectivity index (χ1v) is 12.4. The van der Waals surface area contributed by atoms with Crippen molar-refractivity contribution in [3.05, 3.63) is 34.2 Å². The maximum Gasteiger partial charge on any atom is 0.341 e. The van der Waals surface area contributed by atoms with E-state index in [1.807, 2.05) is 0 Å². The molecule has 11 heteroatoms. The van der Waals surface area contributed by atoms with Gasteiger partial charge in [-0.15, -0.1) is 21.5 Å². The highest BCUT2D eigenvalue weighted by molar-refractivity contribution is 7.99. The number of nitrogens with zero attached hydrogens (tertiary/aromatic N) is 2. The van der Waals surface area contributed by atoms with Crippen molar-refractivity contribution in [2.24, 2.45) is 5.92 Å². The third-order valence-electron chi connectivity index (χ3n) is 5.52. The number of nitrogens with one attached hydrogen (secondary N) is 1. The molecule has 3 aromatic rings. The molecule has 0 saturated carbocycles. The lowest BCUT2D eigenvalue weighted by Gasteiger charge is -2.18. The molecule has 1 N–H and O–H groups in total. The smallest absolute Gasteiger partial charge is 0.341 e. The van der Waals surface area contributed by atoms with Crippen LogP contribution in [0, 0.1) is 5.92 Å². The monoisotopic (exact) mass is 503 g/mol. The molecule has 0 saturated heterocycles. The Hall–Kier alpha value is -3.05. The van der Waals surface area contributed by atoms with E-state index < -0.39 is 5.97 Å². The third kappa shape index (κ3) is 5.05. The highest BCUT2D eigenvalue weighted by Crippen LogP contribution is 2.40. The molecule has 0 fully saturated rings. The number of ether oxygens (including phenoxy) is 3. The van der Waals surface area contributed by atoms with Gasteiger partial charge in [-0.05, 0) is 48.9 Å². The fourth-order valence-electron chi connectivity index (χ4n) is 3.80. The molecule has 0 spiro atoms. The van der Waals surface area contributed by atoms with Gasteiger partial charge in [-0.3, -0.25) is 4.79 Å². The van der Waals surface area contributed by atoms with Crippen LogP contribution >= 0.6 is 23.1 Å². The highest BCUT2D eigenvalue weighted by atomic mass is 32.2. The zero-order valence-corrected chi connectivity index (χ0v) is 20.9. The van der Waals surface area contributed by atoms with E-state index in [9.17, 15) is 9.59 Å². The number of amides is 1. The van der Waals surface area contributed by atoms with Crippen LogP contribution in [-0.4, -0.2) is 49.2 Å². The second-order valence-electron chi connectivity index (χ2n) is 7.82. The molecule has 180 valence electrons. The summed E-state index contributed by atoms with van der Waals surface area (Å²) in [5.74, 6) is 1.32. The van der Waals surface area contributed by atoms with E-state index in [4.69, 9.17) is 18.6 Å². The fourth-order valence-corrected chi connectivity index (χ4v) is 5.78. The summed E-state index contributed by atoms with van der Waals surface area (Å²) in [6.45, 7) is 2.19. The summed E-state index contributed by atoms with van der Waals surface area (Å²) < 4.78 is 21.3. The van der Waals surface area contributed by atoms with Crippen LogP contribution in [0.4, 0.5) is 5.00 Å². The van der Waals surface area contributed by atoms with Gasteiger partial charge in [0.05, 0.1) is 38.2 Å². The first-order valence-electron chi connectivity index (χ1n) is 10.6. The van der Waals surface area contributed by atoms with Crippen LogP contribution in [0.3, 0.4) is 0 Å². The summed E-state index contributed by atoms with van der Waals surface area (Å²) in [5, 5.41) is 11.7. The standard InChI is InChI=1S/C23H25N3O6S2/c1-12-5-7-14-17(9-12)34-21(19(14)22(28)31-4)24-18(27)11-33-23-26-25-20(32-23)15-10-13(29-2)6-8-16(15)30-3/h6,8,10,12H,5,7,9,11H2,1-4H3,(H,24,27). The molecule has 0 radical (unpaired) electrons. The van der Waals surface area contributed by atoms with Gasteiger partial charge in [0.15, 0.2) is 0 Å². The molecule has 34 heavy (non-hydrogen) atoms. The van der Waals surface area contributed by atoms with Crippen molar-refractivity contribution in [2.45, 2.75) is 31.4 Å². The van der Waals surface area contributed by atoms with E-state index >= 15 is 0 Å². The molecule has 2 heterocycles. The number of aromatic nitrogens is 2. The van der Waals surface area contributed by atoms with Crippen molar-refractivity contribution in [3.8, 4) is 23.0 Å². The van der Waals surface area contributed by atoms with Crippen LogP contribution < -0.4 is 14.8 Å². The van der Waals surface area contributed by atoms with Gasteiger partial charge in [0.2, 0.25) is 5.91 Å². The summed E-state index contributed by atoms with van der Waals surface area (Å²) in [6, 6.07) is 5.25. The van der Waals surface area contributed by atoms with Crippen LogP contribution in [0.2, 0.25) is 0 Å². The number of anilines is 1. The lowest BCUT2D eigenvalue weighted by molar-refractivity contribution is -0.113. The predicted molar refractivity (Wildman–Crippen MR) is 129 cm³/mol. The quantitative estimate of drug-likeness (QED) is 0.352. The Balaban J connectivity index is 1.45. The summed E-state index contributed by atoms with van der Waals surface area (Å²) in [6.07, 6.45) is 2.71. The summed E-state index contributed by atoms with van der Waals surface area (Å²) in [4.78, 5) is 26.2. The molecule has 1 aliphatic rings. The number of hydrogen-bond acceptors (Lipinski definition) is 10. The van der Waals surface area contributed by atoms with Gasteiger partial charge in [-0.1, -0.05) is 18.7 Å². The number of hydrogen-bond donors (Lipinski definition) is 1. The number of carbonyl (C=O) groups excluding carboxylic acids is 2. The fraction of sp³-hybridized carbons (Fsp3) is 0.391. The topological polar surface area (TPSA) is 113 Å². The molecular weight excluding hydrogens is 478 g/mol. The van der Waals surface area contributed by atoms with Gasteiger partial charge in [-0.25, -0.2) is 4.79 Å². The minimum Gasteiger partial charge on any atom is -0.497 e. The number of rotatable bonds is 8. The zero-order chi connectivity index (χ0) is 24.2. The maximum atomic E-state index is 12.7. The largest absolute Gasteiger partial charge is 0.497 e. The van der Waals surface area contributed by atoms with Crippen LogP contribution in [0.5, 0.6) is 11.5 Å². The van der Waals surface area contributed by atoms with Crippen molar-refractivity contribution < 1.29 is 28.2 Å². The molecule has 1 aromatic carbocycles. The minimum atomic E-state index is -0.427. The number of thioether (sulfide) groups is 1. The number of fused-ring (bicyclic) bond motifs is 1.